The smallest absolute Gasteiger partial charge is 0.186 e. The number of aryl methyl sites for hydroxylation is 1. The number of hydrogen-bond acceptors (Lipinski definition) is 5. The standard InChI is InChI=1S/C11H16FN3O2S/c1-2-9-10(12)11(15-7-14-9)13-5-8-3-4-18(16,17)6-8/h7-8H,2-6H2,1H3,(H,13,14,15). The highest BCUT2D eigenvalue weighted by molar-refractivity contribution is 7.91. The van der Waals surface area contributed by atoms with Crippen molar-refractivity contribution in [2.24, 2.45) is 5.92 Å². The number of hydrogen-bond donors (Lipinski definition) is 1. The largest absolute Gasteiger partial charge is 0.367 e. The molecule has 1 atom stereocenters. The van der Waals surface area contributed by atoms with Crippen LogP contribution in [-0.4, -0.2) is 36.4 Å². The fourth-order valence-corrected chi connectivity index (χ4v) is 3.91. The lowest BCUT2D eigenvalue weighted by molar-refractivity contribution is 0.583. The Morgan fingerprint density at radius 2 is 2.28 bits per heavy atom. The van der Waals surface area contributed by atoms with Crippen molar-refractivity contribution in [1.29, 1.82) is 0 Å². The number of nitrogens with one attached hydrogen (secondary N) is 1. The molecule has 1 fully saturated rings. The first-order valence-electron chi connectivity index (χ1n) is 5.95. The Morgan fingerprint density at radius 3 is 2.89 bits per heavy atom. The molecular formula is C11H16FN3O2S. The monoisotopic (exact) mass is 273 g/mol. The van der Waals surface area contributed by atoms with Crippen LogP contribution in [0.5, 0.6) is 0 Å². The summed E-state index contributed by atoms with van der Waals surface area (Å²) in [5, 5.41) is 2.88. The van der Waals surface area contributed by atoms with Crippen molar-refractivity contribution in [3.8, 4) is 0 Å². The molecule has 0 aliphatic carbocycles. The summed E-state index contributed by atoms with van der Waals surface area (Å²) in [6.45, 7) is 2.25. The molecule has 0 spiro atoms. The van der Waals surface area contributed by atoms with Gasteiger partial charge in [-0.15, -0.1) is 0 Å². The van der Waals surface area contributed by atoms with Crippen LogP contribution in [-0.2, 0) is 16.3 Å². The Hall–Kier alpha value is -1.24. The van der Waals surface area contributed by atoms with E-state index in [9.17, 15) is 12.8 Å². The molecule has 7 heteroatoms. The molecule has 1 aliphatic heterocycles. The Balaban J connectivity index is 1.99. The van der Waals surface area contributed by atoms with E-state index < -0.39 is 15.7 Å². The van der Waals surface area contributed by atoms with Crippen LogP contribution in [0.1, 0.15) is 19.0 Å². The minimum absolute atomic E-state index is 0.0365. The molecule has 0 aromatic carbocycles. The fraction of sp³-hybridized carbons (Fsp3) is 0.636. The summed E-state index contributed by atoms with van der Waals surface area (Å²) in [7, 11) is -2.89. The van der Waals surface area contributed by atoms with Gasteiger partial charge in [-0.05, 0) is 18.8 Å². The lowest BCUT2D eigenvalue weighted by Gasteiger charge is -2.11. The van der Waals surface area contributed by atoms with Crippen molar-refractivity contribution in [3.63, 3.8) is 0 Å². The molecule has 2 rings (SSSR count). The first-order chi connectivity index (χ1) is 8.52. The lowest BCUT2D eigenvalue weighted by Crippen LogP contribution is -2.17. The van der Waals surface area contributed by atoms with Gasteiger partial charge in [0.1, 0.15) is 6.33 Å². The van der Waals surface area contributed by atoms with E-state index >= 15 is 0 Å². The van der Waals surface area contributed by atoms with Crippen LogP contribution in [0.4, 0.5) is 10.2 Å². The van der Waals surface area contributed by atoms with Crippen molar-refractivity contribution in [1.82, 2.24) is 9.97 Å². The van der Waals surface area contributed by atoms with Gasteiger partial charge in [0.15, 0.2) is 21.5 Å². The van der Waals surface area contributed by atoms with Crippen LogP contribution >= 0.6 is 0 Å². The maximum Gasteiger partial charge on any atom is 0.186 e. The molecule has 0 radical (unpaired) electrons. The Bertz CT molecular complexity index is 533. The van der Waals surface area contributed by atoms with Crippen LogP contribution < -0.4 is 5.32 Å². The van der Waals surface area contributed by atoms with Crippen molar-refractivity contribution in [2.45, 2.75) is 19.8 Å². The zero-order chi connectivity index (χ0) is 13.2. The van der Waals surface area contributed by atoms with Crippen molar-refractivity contribution < 1.29 is 12.8 Å². The molecule has 1 aromatic rings. The van der Waals surface area contributed by atoms with Crippen LogP contribution in [0.2, 0.25) is 0 Å². The topological polar surface area (TPSA) is 72.0 Å². The molecule has 1 aromatic heterocycles. The molecule has 0 bridgehead atoms. The number of anilines is 1. The van der Waals surface area contributed by atoms with E-state index in [2.05, 4.69) is 15.3 Å². The molecule has 1 aliphatic rings. The minimum atomic E-state index is -2.89. The second-order valence-corrected chi connectivity index (χ2v) is 6.72. The summed E-state index contributed by atoms with van der Waals surface area (Å²) >= 11 is 0. The highest BCUT2D eigenvalue weighted by Gasteiger charge is 2.27. The van der Waals surface area contributed by atoms with Gasteiger partial charge in [-0.3, -0.25) is 0 Å². The maximum atomic E-state index is 13.8. The minimum Gasteiger partial charge on any atom is -0.367 e. The van der Waals surface area contributed by atoms with E-state index in [0.717, 1.165) is 0 Å². The summed E-state index contributed by atoms with van der Waals surface area (Å²) in [6.07, 6.45) is 2.44. The quantitative estimate of drug-likeness (QED) is 0.887. The fourth-order valence-electron chi connectivity index (χ4n) is 2.05. The Morgan fingerprint density at radius 1 is 1.50 bits per heavy atom. The van der Waals surface area contributed by atoms with Gasteiger partial charge in [-0.2, -0.15) is 0 Å². The summed E-state index contributed by atoms with van der Waals surface area (Å²) in [5.41, 5.74) is 0.367. The summed E-state index contributed by atoms with van der Waals surface area (Å²) in [4.78, 5) is 7.68. The zero-order valence-corrected chi connectivity index (χ0v) is 11.0. The van der Waals surface area contributed by atoms with Gasteiger partial charge in [0.2, 0.25) is 0 Å². The molecule has 1 saturated heterocycles. The molecule has 18 heavy (non-hydrogen) atoms. The average molecular weight is 273 g/mol. The number of halogens is 1. The van der Waals surface area contributed by atoms with Gasteiger partial charge in [-0.25, -0.2) is 22.8 Å². The third-order valence-corrected chi connectivity index (χ3v) is 4.92. The van der Waals surface area contributed by atoms with Gasteiger partial charge in [0.05, 0.1) is 17.2 Å². The molecule has 2 heterocycles. The third kappa shape index (κ3) is 2.95. The molecule has 100 valence electrons. The molecule has 0 amide bonds. The summed E-state index contributed by atoms with van der Waals surface area (Å²) < 4.78 is 36.4. The number of aromatic nitrogens is 2. The SMILES string of the molecule is CCc1ncnc(NCC2CCS(=O)(=O)C2)c1F. The predicted molar refractivity (Wildman–Crippen MR) is 66.6 cm³/mol. The molecule has 5 nitrogen and oxygen atoms in total. The lowest BCUT2D eigenvalue weighted by atomic mass is 10.1. The van der Waals surface area contributed by atoms with Gasteiger partial charge in [-0.1, -0.05) is 6.92 Å². The number of rotatable bonds is 4. The van der Waals surface area contributed by atoms with Gasteiger partial charge >= 0.3 is 0 Å². The van der Waals surface area contributed by atoms with E-state index in [0.29, 0.717) is 25.1 Å². The number of sulfone groups is 1. The molecule has 1 N–H and O–H groups in total. The van der Waals surface area contributed by atoms with Crippen molar-refractivity contribution in [2.75, 3.05) is 23.4 Å². The van der Waals surface area contributed by atoms with Crippen LogP contribution in [0, 0.1) is 11.7 Å². The second kappa shape index (κ2) is 5.17. The van der Waals surface area contributed by atoms with E-state index in [1.165, 1.54) is 6.33 Å². The predicted octanol–water partition coefficient (Wildman–Crippen LogP) is 1.02. The van der Waals surface area contributed by atoms with Gasteiger partial charge in [0, 0.05) is 6.54 Å². The first kappa shape index (κ1) is 13.2. The highest BCUT2D eigenvalue weighted by atomic mass is 32.2. The van der Waals surface area contributed by atoms with E-state index in [1.54, 1.807) is 0 Å². The zero-order valence-electron chi connectivity index (χ0n) is 10.2. The molecule has 0 saturated carbocycles. The normalized spacial score (nSPS) is 22.0. The highest BCUT2D eigenvalue weighted by Crippen LogP contribution is 2.20. The van der Waals surface area contributed by atoms with Crippen LogP contribution in [0.25, 0.3) is 0 Å². The number of nitrogens with zero attached hydrogens (tertiary/aromatic N) is 2. The average Bonchev–Trinajstić information content (AvgIpc) is 2.68. The maximum absolute atomic E-state index is 13.8. The van der Waals surface area contributed by atoms with E-state index in [1.807, 2.05) is 6.92 Å². The van der Waals surface area contributed by atoms with E-state index in [-0.39, 0.29) is 23.2 Å². The summed E-state index contributed by atoms with van der Waals surface area (Å²) in [5.74, 6) is 0.153. The van der Waals surface area contributed by atoms with Crippen LogP contribution in [0.15, 0.2) is 6.33 Å². The molecule has 1 unspecified atom stereocenters. The molecular weight excluding hydrogens is 257 g/mol. The van der Waals surface area contributed by atoms with Gasteiger partial charge in [0.25, 0.3) is 0 Å². The Labute approximate surface area is 106 Å². The van der Waals surface area contributed by atoms with E-state index in [4.69, 9.17) is 0 Å². The second-order valence-electron chi connectivity index (χ2n) is 4.49. The Kier molecular flexibility index (Phi) is 3.79. The summed E-state index contributed by atoms with van der Waals surface area (Å²) in [6, 6.07) is 0. The van der Waals surface area contributed by atoms with Crippen molar-refractivity contribution >= 4 is 15.7 Å². The van der Waals surface area contributed by atoms with Crippen molar-refractivity contribution in [3.05, 3.63) is 17.8 Å². The first-order valence-corrected chi connectivity index (χ1v) is 7.77. The van der Waals surface area contributed by atoms with Crippen LogP contribution in [0.3, 0.4) is 0 Å². The third-order valence-electron chi connectivity index (χ3n) is 3.08. The van der Waals surface area contributed by atoms with Gasteiger partial charge < -0.3 is 5.32 Å².